The fourth-order valence-electron chi connectivity index (χ4n) is 1.48. The predicted molar refractivity (Wildman–Crippen MR) is 59.1 cm³/mol. The van der Waals surface area contributed by atoms with Crippen molar-refractivity contribution in [2.45, 2.75) is 6.61 Å². The summed E-state index contributed by atoms with van der Waals surface area (Å²) in [5, 5.41) is 0. The third-order valence-electron chi connectivity index (χ3n) is 2.30. The lowest BCUT2D eigenvalue weighted by atomic mass is 10.1. The second-order valence-electron chi connectivity index (χ2n) is 3.59. The van der Waals surface area contributed by atoms with Gasteiger partial charge in [-0.2, -0.15) is 0 Å². The van der Waals surface area contributed by atoms with E-state index in [4.69, 9.17) is 9.15 Å². The van der Waals surface area contributed by atoms with Crippen LogP contribution in [0.2, 0.25) is 0 Å². The summed E-state index contributed by atoms with van der Waals surface area (Å²) in [7, 11) is 0. The van der Waals surface area contributed by atoms with E-state index in [2.05, 4.69) is 0 Å². The maximum atomic E-state index is 13.3. The molecule has 0 spiro atoms. The first kappa shape index (κ1) is 12.4. The molecule has 0 amide bonds. The standard InChI is InChI=1S/C13H10F2O3/c14-10-4-1-5-11(15)13(10)12(16)8-17-7-9-3-2-6-18-9/h1-6H,7-8H2. The maximum Gasteiger partial charge on any atom is 0.194 e. The van der Waals surface area contributed by atoms with E-state index in [9.17, 15) is 13.6 Å². The predicted octanol–water partition coefficient (Wildman–Crippen LogP) is 2.96. The van der Waals surface area contributed by atoms with E-state index in [0.717, 1.165) is 12.1 Å². The summed E-state index contributed by atoms with van der Waals surface area (Å²) in [5.74, 6) is -1.97. The Bertz CT molecular complexity index is 515. The van der Waals surface area contributed by atoms with E-state index in [-0.39, 0.29) is 6.61 Å². The molecular formula is C13H10F2O3. The summed E-state index contributed by atoms with van der Waals surface area (Å²) in [6, 6.07) is 6.61. The van der Waals surface area contributed by atoms with E-state index in [1.165, 1.54) is 12.3 Å². The van der Waals surface area contributed by atoms with Gasteiger partial charge in [0.15, 0.2) is 5.78 Å². The van der Waals surface area contributed by atoms with E-state index in [1.54, 1.807) is 12.1 Å². The van der Waals surface area contributed by atoms with Gasteiger partial charge < -0.3 is 9.15 Å². The maximum absolute atomic E-state index is 13.3. The molecule has 0 aliphatic carbocycles. The minimum Gasteiger partial charge on any atom is -0.467 e. The number of benzene rings is 1. The van der Waals surface area contributed by atoms with Gasteiger partial charge in [-0.05, 0) is 24.3 Å². The number of ketones is 1. The van der Waals surface area contributed by atoms with Gasteiger partial charge in [0.1, 0.15) is 30.6 Å². The van der Waals surface area contributed by atoms with Gasteiger partial charge in [-0.25, -0.2) is 8.78 Å². The van der Waals surface area contributed by atoms with E-state index < -0.39 is 29.6 Å². The van der Waals surface area contributed by atoms with Gasteiger partial charge in [0, 0.05) is 0 Å². The molecule has 2 rings (SSSR count). The van der Waals surface area contributed by atoms with Crippen LogP contribution < -0.4 is 0 Å². The lowest BCUT2D eigenvalue weighted by molar-refractivity contribution is 0.0683. The summed E-state index contributed by atoms with van der Waals surface area (Å²) < 4.78 is 36.5. The molecule has 94 valence electrons. The molecule has 0 radical (unpaired) electrons. The summed E-state index contributed by atoms with van der Waals surface area (Å²) in [6.45, 7) is -0.326. The summed E-state index contributed by atoms with van der Waals surface area (Å²) in [4.78, 5) is 11.6. The molecule has 1 aromatic carbocycles. The normalized spacial score (nSPS) is 10.6. The first-order chi connectivity index (χ1) is 8.68. The largest absolute Gasteiger partial charge is 0.467 e. The van der Waals surface area contributed by atoms with Crippen LogP contribution in [0, 0.1) is 11.6 Å². The van der Waals surface area contributed by atoms with Gasteiger partial charge >= 0.3 is 0 Å². The molecule has 0 saturated heterocycles. The Hall–Kier alpha value is -2.01. The number of carbonyl (C=O) groups excluding carboxylic acids is 1. The van der Waals surface area contributed by atoms with Crippen LogP contribution in [0.1, 0.15) is 16.1 Å². The first-order valence-electron chi connectivity index (χ1n) is 5.26. The van der Waals surface area contributed by atoms with Crippen molar-refractivity contribution in [1.29, 1.82) is 0 Å². The smallest absolute Gasteiger partial charge is 0.194 e. The molecule has 0 aliphatic heterocycles. The minimum atomic E-state index is -0.887. The van der Waals surface area contributed by atoms with Gasteiger partial charge in [-0.15, -0.1) is 0 Å². The van der Waals surface area contributed by atoms with E-state index >= 15 is 0 Å². The highest BCUT2D eigenvalue weighted by Crippen LogP contribution is 2.13. The molecule has 18 heavy (non-hydrogen) atoms. The zero-order valence-electron chi connectivity index (χ0n) is 9.36. The van der Waals surface area contributed by atoms with Crippen LogP contribution >= 0.6 is 0 Å². The van der Waals surface area contributed by atoms with Crippen molar-refractivity contribution in [3.05, 3.63) is 59.6 Å². The Labute approximate surface area is 102 Å². The number of carbonyl (C=O) groups is 1. The van der Waals surface area contributed by atoms with Gasteiger partial charge in [0.2, 0.25) is 0 Å². The Morgan fingerprint density at radius 2 is 1.89 bits per heavy atom. The lowest BCUT2D eigenvalue weighted by Gasteiger charge is -2.04. The Balaban J connectivity index is 1.96. The number of Topliss-reactive ketones (excluding diaryl/α,β-unsaturated/α-hetero) is 1. The monoisotopic (exact) mass is 252 g/mol. The zero-order chi connectivity index (χ0) is 13.0. The molecular weight excluding hydrogens is 242 g/mol. The minimum absolute atomic E-state index is 0.0782. The van der Waals surface area contributed by atoms with Crippen molar-refractivity contribution < 1.29 is 22.7 Å². The van der Waals surface area contributed by atoms with Crippen molar-refractivity contribution in [2.24, 2.45) is 0 Å². The number of hydrogen-bond donors (Lipinski definition) is 0. The molecule has 5 heteroatoms. The number of hydrogen-bond acceptors (Lipinski definition) is 3. The Kier molecular flexibility index (Phi) is 3.84. The first-order valence-corrected chi connectivity index (χ1v) is 5.26. The molecule has 1 heterocycles. The molecule has 0 saturated carbocycles. The molecule has 1 aromatic heterocycles. The molecule has 2 aromatic rings. The third kappa shape index (κ3) is 2.81. The number of furan rings is 1. The van der Waals surface area contributed by atoms with Crippen LogP contribution in [-0.2, 0) is 11.3 Å². The van der Waals surface area contributed by atoms with Crippen molar-refractivity contribution in [3.8, 4) is 0 Å². The van der Waals surface area contributed by atoms with Crippen molar-refractivity contribution in [3.63, 3.8) is 0 Å². The van der Waals surface area contributed by atoms with Crippen LogP contribution in [-0.4, -0.2) is 12.4 Å². The highest BCUT2D eigenvalue weighted by atomic mass is 19.1. The molecule has 0 aliphatic rings. The van der Waals surface area contributed by atoms with Crippen LogP contribution in [0.3, 0.4) is 0 Å². The number of rotatable bonds is 5. The molecule has 0 bridgehead atoms. The zero-order valence-corrected chi connectivity index (χ0v) is 9.36. The van der Waals surface area contributed by atoms with E-state index in [0.29, 0.717) is 5.76 Å². The SMILES string of the molecule is O=C(COCc1ccco1)c1c(F)cccc1F. The van der Waals surface area contributed by atoms with E-state index in [1.807, 2.05) is 0 Å². The number of halogens is 2. The fraction of sp³-hybridized carbons (Fsp3) is 0.154. The molecule has 0 unspecified atom stereocenters. The van der Waals surface area contributed by atoms with Crippen LogP contribution in [0.15, 0.2) is 41.0 Å². The second kappa shape index (κ2) is 5.55. The molecule has 3 nitrogen and oxygen atoms in total. The Morgan fingerprint density at radius 3 is 2.50 bits per heavy atom. The van der Waals surface area contributed by atoms with Crippen LogP contribution in [0.4, 0.5) is 8.78 Å². The van der Waals surface area contributed by atoms with Gasteiger partial charge in [-0.1, -0.05) is 6.07 Å². The van der Waals surface area contributed by atoms with Crippen molar-refractivity contribution >= 4 is 5.78 Å². The summed E-state index contributed by atoms with van der Waals surface area (Å²) >= 11 is 0. The third-order valence-corrected chi connectivity index (χ3v) is 2.30. The molecule has 0 N–H and O–H groups in total. The topological polar surface area (TPSA) is 39.4 Å². The quantitative estimate of drug-likeness (QED) is 0.768. The lowest BCUT2D eigenvalue weighted by Crippen LogP contribution is -2.13. The fourth-order valence-corrected chi connectivity index (χ4v) is 1.48. The van der Waals surface area contributed by atoms with Crippen LogP contribution in [0.5, 0.6) is 0 Å². The number of ether oxygens (including phenoxy) is 1. The average molecular weight is 252 g/mol. The molecule has 0 atom stereocenters. The van der Waals surface area contributed by atoms with Crippen LogP contribution in [0.25, 0.3) is 0 Å². The highest BCUT2D eigenvalue weighted by molar-refractivity contribution is 5.97. The summed E-state index contributed by atoms with van der Waals surface area (Å²) in [5.41, 5.74) is -0.572. The molecule has 0 fully saturated rings. The van der Waals surface area contributed by atoms with Gasteiger partial charge in [0.25, 0.3) is 0 Å². The Morgan fingerprint density at radius 1 is 1.17 bits per heavy atom. The van der Waals surface area contributed by atoms with Gasteiger partial charge in [0.05, 0.1) is 11.8 Å². The van der Waals surface area contributed by atoms with Crippen molar-refractivity contribution in [1.82, 2.24) is 0 Å². The average Bonchev–Trinajstić information content (AvgIpc) is 2.82. The van der Waals surface area contributed by atoms with Gasteiger partial charge in [-0.3, -0.25) is 4.79 Å². The van der Waals surface area contributed by atoms with Crippen molar-refractivity contribution in [2.75, 3.05) is 6.61 Å². The second-order valence-corrected chi connectivity index (χ2v) is 3.59. The highest BCUT2D eigenvalue weighted by Gasteiger charge is 2.16. The summed E-state index contributed by atoms with van der Waals surface area (Å²) in [6.07, 6.45) is 1.47.